The second-order valence-corrected chi connectivity index (χ2v) is 14.8. The van der Waals surface area contributed by atoms with E-state index in [2.05, 4.69) is 33.9 Å². The fourth-order valence-corrected chi connectivity index (χ4v) is 10.9. The Morgan fingerprint density at radius 1 is 0.854 bits per heavy atom. The first-order chi connectivity index (χ1) is 20.0. The van der Waals surface area contributed by atoms with Gasteiger partial charge >= 0.3 is 0 Å². The van der Waals surface area contributed by atoms with Crippen LogP contribution in [0.4, 0.5) is 0 Å². The fourth-order valence-electron chi connectivity index (χ4n) is 10.9. The number of phenols is 1. The Bertz CT molecular complexity index is 1060. The molecule has 1 atom stereocenters. The lowest BCUT2D eigenvalue weighted by atomic mass is 9.40. The normalized spacial score (nSPS) is 40.1. The maximum absolute atomic E-state index is 10.9. The molecule has 9 rings (SSSR count). The van der Waals surface area contributed by atoms with E-state index in [0.29, 0.717) is 23.5 Å². The van der Waals surface area contributed by atoms with Gasteiger partial charge in [0.1, 0.15) is 5.75 Å². The first kappa shape index (κ1) is 27.3. The fraction of sp³-hybridized carbons (Fsp3) is 0.818. The highest BCUT2D eigenvalue weighted by Crippen LogP contribution is 2.71. The summed E-state index contributed by atoms with van der Waals surface area (Å²) in [6.07, 6.45) is 12.0. The van der Waals surface area contributed by atoms with E-state index in [1.807, 2.05) is 6.07 Å². The van der Waals surface area contributed by atoms with Gasteiger partial charge in [0.2, 0.25) is 12.6 Å². The average Bonchev–Trinajstić information content (AvgIpc) is 2.99. The third-order valence-corrected chi connectivity index (χ3v) is 12.8. The van der Waals surface area contributed by atoms with Crippen molar-refractivity contribution >= 4 is 0 Å². The number of rotatable bonds is 4. The van der Waals surface area contributed by atoms with Crippen molar-refractivity contribution in [3.05, 3.63) is 29.3 Å². The van der Waals surface area contributed by atoms with E-state index in [-0.39, 0.29) is 12.2 Å². The van der Waals surface area contributed by atoms with E-state index in [1.165, 1.54) is 63.6 Å². The summed E-state index contributed by atoms with van der Waals surface area (Å²) in [6.45, 7) is 7.72. The summed E-state index contributed by atoms with van der Waals surface area (Å²) < 4.78 is 0. The third-order valence-electron chi connectivity index (χ3n) is 12.8. The van der Waals surface area contributed by atoms with Crippen molar-refractivity contribution < 1.29 is 24.7 Å². The Kier molecular flexibility index (Phi) is 7.14. The smallest absolute Gasteiger partial charge is 0.240 e. The summed E-state index contributed by atoms with van der Waals surface area (Å²) in [5.74, 6) is 3.00. The molecule has 8 aliphatic rings. The van der Waals surface area contributed by atoms with Gasteiger partial charge in [0.05, 0.1) is 0 Å². The SMILES string of the molecule is CN1CCC(N2CCN(Cc3cc(C4CCC5(OOCOO5)C5(C4)C4CC6CC(C4)CC5C6)ccc3O)CC2)CC1. The van der Waals surface area contributed by atoms with Gasteiger partial charge < -0.3 is 10.0 Å². The summed E-state index contributed by atoms with van der Waals surface area (Å²) in [5.41, 5.74) is 2.36. The van der Waals surface area contributed by atoms with Crippen molar-refractivity contribution in [3.8, 4) is 5.75 Å². The number of nitrogens with zero attached hydrogens (tertiary/aromatic N) is 3. The van der Waals surface area contributed by atoms with E-state index in [9.17, 15) is 5.11 Å². The molecule has 0 amide bonds. The van der Waals surface area contributed by atoms with Crippen LogP contribution in [0.5, 0.6) is 5.75 Å². The molecule has 0 aromatic heterocycles. The summed E-state index contributed by atoms with van der Waals surface area (Å²) in [7, 11) is 2.24. The number of benzene rings is 1. The highest BCUT2D eigenvalue weighted by Gasteiger charge is 2.71. The molecule has 8 fully saturated rings. The monoisotopic (exact) mass is 567 g/mol. The number of hydrogen-bond donors (Lipinski definition) is 1. The van der Waals surface area contributed by atoms with Gasteiger partial charge in [-0.15, -0.1) is 0 Å². The minimum Gasteiger partial charge on any atom is -0.508 e. The van der Waals surface area contributed by atoms with Crippen molar-refractivity contribution in [3.63, 3.8) is 0 Å². The minimum atomic E-state index is -0.794. The van der Waals surface area contributed by atoms with Crippen LogP contribution in [-0.4, -0.2) is 84.7 Å². The van der Waals surface area contributed by atoms with Crippen LogP contribution < -0.4 is 0 Å². The zero-order chi connectivity index (χ0) is 27.6. The van der Waals surface area contributed by atoms with Crippen LogP contribution in [-0.2, 0) is 26.1 Å². The number of aromatic hydroxyl groups is 1. The molecule has 3 saturated heterocycles. The Labute approximate surface area is 245 Å². The van der Waals surface area contributed by atoms with Crippen LogP contribution >= 0.6 is 0 Å². The zero-order valence-electron chi connectivity index (χ0n) is 24.8. The van der Waals surface area contributed by atoms with Gasteiger partial charge in [-0.05, 0) is 119 Å². The predicted octanol–water partition coefficient (Wildman–Crippen LogP) is 4.88. The maximum atomic E-state index is 10.9. The second kappa shape index (κ2) is 10.7. The highest BCUT2D eigenvalue weighted by atomic mass is 17.4. The molecule has 8 nitrogen and oxygen atoms in total. The van der Waals surface area contributed by atoms with Gasteiger partial charge in [0, 0.05) is 56.2 Å². The molecule has 8 heteroatoms. The van der Waals surface area contributed by atoms with E-state index < -0.39 is 5.79 Å². The van der Waals surface area contributed by atoms with Gasteiger partial charge in [0.15, 0.2) is 0 Å². The van der Waals surface area contributed by atoms with E-state index in [4.69, 9.17) is 19.6 Å². The van der Waals surface area contributed by atoms with Gasteiger partial charge in [-0.2, -0.15) is 9.78 Å². The summed E-state index contributed by atoms with van der Waals surface area (Å²) in [4.78, 5) is 31.1. The molecule has 3 aliphatic heterocycles. The quantitative estimate of drug-likeness (QED) is 0.517. The average molecular weight is 568 g/mol. The van der Waals surface area contributed by atoms with Crippen molar-refractivity contribution in [1.29, 1.82) is 0 Å². The van der Waals surface area contributed by atoms with Crippen LogP contribution in [0.15, 0.2) is 18.2 Å². The number of likely N-dealkylation sites (tertiary alicyclic amines) is 1. The van der Waals surface area contributed by atoms with Crippen LogP contribution in [0.3, 0.4) is 0 Å². The van der Waals surface area contributed by atoms with Gasteiger partial charge in [0.25, 0.3) is 0 Å². The molecule has 5 saturated carbocycles. The number of piperazine rings is 1. The largest absolute Gasteiger partial charge is 0.508 e. The molecule has 1 aromatic rings. The van der Waals surface area contributed by atoms with Crippen molar-refractivity contribution in [2.24, 2.45) is 29.1 Å². The maximum Gasteiger partial charge on any atom is 0.240 e. The molecule has 0 radical (unpaired) electrons. The zero-order valence-corrected chi connectivity index (χ0v) is 24.8. The van der Waals surface area contributed by atoms with Crippen LogP contribution in [0.25, 0.3) is 0 Å². The standard InChI is InChI=1S/C33H49N3O5/c1-34-8-5-30(6-9-34)36-12-10-35(11-13-36)21-27-19-25(2-3-31(27)37)26-4-7-33(40-38-22-39-41-33)32(20-26)28-15-23-14-24(17-28)18-29(32)16-23/h2-3,19,23-24,26,28-30,37H,4-18,20-22H2,1H3. The molecule has 2 spiro atoms. The van der Waals surface area contributed by atoms with Crippen molar-refractivity contribution in [2.45, 2.75) is 88.5 Å². The molecule has 4 bridgehead atoms. The summed E-state index contributed by atoms with van der Waals surface area (Å²) in [6, 6.07) is 7.19. The van der Waals surface area contributed by atoms with Crippen LogP contribution in [0, 0.1) is 29.1 Å². The van der Waals surface area contributed by atoms with Gasteiger partial charge in [-0.1, -0.05) is 12.1 Å². The Morgan fingerprint density at radius 3 is 2.22 bits per heavy atom. The lowest BCUT2D eigenvalue weighted by molar-refractivity contribution is -0.629. The van der Waals surface area contributed by atoms with E-state index in [1.54, 1.807) is 0 Å². The van der Waals surface area contributed by atoms with Crippen molar-refractivity contribution in [2.75, 3.05) is 53.1 Å². The Hall–Kier alpha value is -1.26. The molecule has 41 heavy (non-hydrogen) atoms. The third kappa shape index (κ3) is 4.68. The number of phenolic OH excluding ortho intramolecular Hbond substituents is 1. The lowest BCUT2D eigenvalue weighted by Crippen LogP contribution is -2.68. The molecule has 1 N–H and O–H groups in total. The van der Waals surface area contributed by atoms with Gasteiger partial charge in [-0.25, -0.2) is 9.78 Å². The first-order valence-electron chi connectivity index (χ1n) is 16.6. The molecule has 3 heterocycles. The van der Waals surface area contributed by atoms with E-state index >= 15 is 0 Å². The Balaban J connectivity index is 0.991. The topological polar surface area (TPSA) is 66.9 Å². The Morgan fingerprint density at radius 2 is 1.54 bits per heavy atom. The summed E-state index contributed by atoms with van der Waals surface area (Å²) >= 11 is 0. The molecular formula is C33H49N3O5. The first-order valence-corrected chi connectivity index (χ1v) is 16.6. The minimum absolute atomic E-state index is 0.0371. The predicted molar refractivity (Wildman–Crippen MR) is 153 cm³/mol. The van der Waals surface area contributed by atoms with Crippen molar-refractivity contribution in [1.82, 2.24) is 14.7 Å². The van der Waals surface area contributed by atoms with Crippen LogP contribution in [0.1, 0.15) is 81.3 Å². The second-order valence-electron chi connectivity index (χ2n) is 14.8. The summed E-state index contributed by atoms with van der Waals surface area (Å²) in [5, 5.41) is 10.9. The molecular weight excluding hydrogens is 518 g/mol. The lowest BCUT2D eigenvalue weighted by Gasteiger charge is -2.68. The van der Waals surface area contributed by atoms with E-state index in [0.717, 1.165) is 75.4 Å². The van der Waals surface area contributed by atoms with Crippen LogP contribution in [0.2, 0.25) is 0 Å². The molecule has 5 aliphatic carbocycles. The number of piperidine rings is 1. The molecule has 1 unspecified atom stereocenters. The van der Waals surface area contributed by atoms with Gasteiger partial charge in [-0.3, -0.25) is 9.80 Å². The number of hydrogen-bond acceptors (Lipinski definition) is 8. The molecule has 226 valence electrons. The highest BCUT2D eigenvalue weighted by molar-refractivity contribution is 5.38. The molecule has 1 aromatic carbocycles.